The number of fused-ring (bicyclic) bond motifs is 1. The molecule has 2 aliphatic heterocycles. The van der Waals surface area contributed by atoms with E-state index in [0.717, 1.165) is 45.2 Å². The number of hydrogen-bond acceptors (Lipinski definition) is 3. The normalized spacial score (nSPS) is 32.3. The van der Waals surface area contributed by atoms with Gasteiger partial charge in [0, 0.05) is 64.1 Å². The van der Waals surface area contributed by atoms with E-state index in [1.165, 1.54) is 6.42 Å². The molecule has 1 N–H and O–H groups in total. The van der Waals surface area contributed by atoms with Crippen LogP contribution >= 0.6 is 24.0 Å². The van der Waals surface area contributed by atoms with Crippen molar-refractivity contribution in [3.63, 3.8) is 0 Å². The summed E-state index contributed by atoms with van der Waals surface area (Å²) in [6.07, 6.45) is 2.77. The van der Waals surface area contributed by atoms with E-state index in [-0.39, 0.29) is 35.3 Å². The van der Waals surface area contributed by atoms with Crippen LogP contribution in [0.5, 0.6) is 0 Å². The van der Waals surface area contributed by atoms with Crippen LogP contribution in [0, 0.1) is 11.3 Å². The fourth-order valence-corrected chi connectivity index (χ4v) is 4.48. The molecule has 0 aromatic heterocycles. The number of ether oxygens (including phenoxy) is 1. The van der Waals surface area contributed by atoms with Gasteiger partial charge in [0.25, 0.3) is 0 Å². The number of hydrogen-bond donors (Lipinski definition) is 1. The number of nitrogens with one attached hydrogen (secondary N) is 1. The zero-order valence-corrected chi connectivity index (χ0v) is 17.6. The molecule has 6 nitrogen and oxygen atoms in total. The van der Waals surface area contributed by atoms with E-state index in [0.29, 0.717) is 18.1 Å². The standard InChI is InChI=1S/C17H30N4O2.HI/c1-12(22)20-7-9-21(10-8-20)16(18-4)19-14-13-6-5-11-23-15(13)17(14,2)3;/h13-15H,5-11H2,1-4H3,(H,18,19);1H. The number of aliphatic imine (C=N–C) groups is 1. The third kappa shape index (κ3) is 3.52. The highest BCUT2D eigenvalue weighted by molar-refractivity contribution is 14.0. The highest BCUT2D eigenvalue weighted by Crippen LogP contribution is 2.51. The minimum Gasteiger partial charge on any atom is -0.377 e. The Labute approximate surface area is 162 Å². The van der Waals surface area contributed by atoms with E-state index in [2.05, 4.69) is 29.1 Å². The molecule has 0 spiro atoms. The second-order valence-corrected chi connectivity index (χ2v) is 7.58. The maximum absolute atomic E-state index is 11.5. The van der Waals surface area contributed by atoms with Crippen molar-refractivity contribution in [2.45, 2.75) is 45.8 Å². The summed E-state index contributed by atoms with van der Waals surface area (Å²) in [5.41, 5.74) is 0.141. The highest BCUT2D eigenvalue weighted by Gasteiger charge is 2.58. The van der Waals surface area contributed by atoms with Crippen molar-refractivity contribution in [2.75, 3.05) is 39.8 Å². The van der Waals surface area contributed by atoms with Crippen LogP contribution in [-0.2, 0) is 9.53 Å². The number of nitrogens with zero attached hydrogens (tertiary/aromatic N) is 3. The molecule has 3 unspecified atom stereocenters. The summed E-state index contributed by atoms with van der Waals surface area (Å²) < 4.78 is 5.99. The zero-order chi connectivity index (χ0) is 16.6. The topological polar surface area (TPSA) is 57.2 Å². The monoisotopic (exact) mass is 450 g/mol. The van der Waals surface area contributed by atoms with Crippen LogP contribution in [0.1, 0.15) is 33.6 Å². The molecule has 24 heavy (non-hydrogen) atoms. The number of piperazine rings is 1. The molecular weight excluding hydrogens is 419 g/mol. The van der Waals surface area contributed by atoms with E-state index in [1.54, 1.807) is 6.92 Å². The van der Waals surface area contributed by atoms with Gasteiger partial charge in [0.2, 0.25) is 5.91 Å². The molecule has 7 heteroatoms. The number of halogens is 1. The first-order valence-corrected chi connectivity index (χ1v) is 8.80. The Morgan fingerprint density at radius 3 is 2.42 bits per heavy atom. The summed E-state index contributed by atoms with van der Waals surface area (Å²) in [6, 6.07) is 0.414. The van der Waals surface area contributed by atoms with Crippen molar-refractivity contribution in [3.8, 4) is 0 Å². The molecule has 0 radical (unpaired) electrons. The minimum atomic E-state index is 0. The van der Waals surface area contributed by atoms with E-state index in [4.69, 9.17) is 4.74 Å². The Morgan fingerprint density at radius 2 is 1.83 bits per heavy atom. The van der Waals surface area contributed by atoms with Crippen LogP contribution < -0.4 is 5.32 Å². The Kier molecular flexibility index (Phi) is 6.39. The van der Waals surface area contributed by atoms with Gasteiger partial charge in [-0.2, -0.15) is 0 Å². The van der Waals surface area contributed by atoms with Crippen molar-refractivity contribution >= 4 is 35.8 Å². The van der Waals surface area contributed by atoms with Crippen LogP contribution in [0.4, 0.5) is 0 Å². The lowest BCUT2D eigenvalue weighted by Crippen LogP contribution is -2.71. The predicted octanol–water partition coefficient (Wildman–Crippen LogP) is 1.55. The smallest absolute Gasteiger partial charge is 0.219 e. The number of amides is 1. The molecule has 1 aliphatic carbocycles. The van der Waals surface area contributed by atoms with Gasteiger partial charge in [-0.1, -0.05) is 13.8 Å². The minimum absolute atomic E-state index is 0. The van der Waals surface area contributed by atoms with E-state index in [9.17, 15) is 4.79 Å². The van der Waals surface area contributed by atoms with Crippen LogP contribution in [-0.4, -0.2) is 73.6 Å². The predicted molar refractivity (Wildman–Crippen MR) is 106 cm³/mol. The van der Waals surface area contributed by atoms with Crippen molar-refractivity contribution in [2.24, 2.45) is 16.3 Å². The van der Waals surface area contributed by atoms with Gasteiger partial charge >= 0.3 is 0 Å². The van der Waals surface area contributed by atoms with Crippen LogP contribution in [0.25, 0.3) is 0 Å². The molecule has 0 bridgehead atoms. The van der Waals surface area contributed by atoms with Crippen molar-refractivity contribution < 1.29 is 9.53 Å². The maximum Gasteiger partial charge on any atom is 0.219 e. The molecule has 2 saturated heterocycles. The molecule has 1 saturated carbocycles. The quantitative estimate of drug-likeness (QED) is 0.374. The lowest BCUT2D eigenvalue weighted by atomic mass is 9.55. The highest BCUT2D eigenvalue weighted by atomic mass is 127. The molecule has 0 aromatic carbocycles. The summed E-state index contributed by atoms with van der Waals surface area (Å²) in [5, 5.41) is 3.70. The second kappa shape index (κ2) is 7.76. The number of carbonyl (C=O) groups excluding carboxylic acids is 1. The summed E-state index contributed by atoms with van der Waals surface area (Å²) >= 11 is 0. The van der Waals surface area contributed by atoms with Crippen LogP contribution in [0.2, 0.25) is 0 Å². The van der Waals surface area contributed by atoms with E-state index >= 15 is 0 Å². The van der Waals surface area contributed by atoms with Crippen molar-refractivity contribution in [3.05, 3.63) is 0 Å². The second-order valence-electron chi connectivity index (χ2n) is 7.58. The summed E-state index contributed by atoms with van der Waals surface area (Å²) in [5.74, 6) is 1.72. The number of carbonyl (C=O) groups is 1. The Bertz CT molecular complexity index is 489. The van der Waals surface area contributed by atoms with Gasteiger partial charge in [0.15, 0.2) is 5.96 Å². The van der Waals surface area contributed by atoms with E-state index < -0.39 is 0 Å². The molecule has 2 heterocycles. The molecule has 138 valence electrons. The third-order valence-electron chi connectivity index (χ3n) is 5.85. The first-order chi connectivity index (χ1) is 10.9. The SMILES string of the molecule is CN=C(NC1C2CCCOC2C1(C)C)N1CCN(C(C)=O)CC1.I. The van der Waals surface area contributed by atoms with Crippen molar-refractivity contribution in [1.82, 2.24) is 15.1 Å². The van der Waals surface area contributed by atoms with Gasteiger partial charge in [-0.05, 0) is 12.8 Å². The third-order valence-corrected chi connectivity index (χ3v) is 5.85. The molecule has 3 fully saturated rings. The van der Waals surface area contributed by atoms with Gasteiger partial charge in [0.05, 0.1) is 6.10 Å². The maximum atomic E-state index is 11.5. The zero-order valence-electron chi connectivity index (χ0n) is 15.2. The molecule has 3 rings (SSSR count). The summed E-state index contributed by atoms with van der Waals surface area (Å²) in [4.78, 5) is 20.1. The van der Waals surface area contributed by atoms with E-state index in [1.807, 2.05) is 11.9 Å². The fraction of sp³-hybridized carbons (Fsp3) is 0.882. The fourth-order valence-electron chi connectivity index (χ4n) is 4.48. The number of guanidine groups is 1. The Morgan fingerprint density at radius 1 is 1.21 bits per heavy atom. The summed E-state index contributed by atoms with van der Waals surface area (Å²) in [6.45, 7) is 10.4. The van der Waals surface area contributed by atoms with Gasteiger partial charge in [-0.3, -0.25) is 9.79 Å². The Hall–Kier alpha value is -0.570. The van der Waals surface area contributed by atoms with Gasteiger partial charge < -0.3 is 19.9 Å². The average molecular weight is 450 g/mol. The van der Waals surface area contributed by atoms with Gasteiger partial charge in [0.1, 0.15) is 0 Å². The van der Waals surface area contributed by atoms with Gasteiger partial charge in [-0.25, -0.2) is 0 Å². The molecular formula is C17H31IN4O2. The van der Waals surface area contributed by atoms with Gasteiger partial charge in [-0.15, -0.1) is 24.0 Å². The first kappa shape index (κ1) is 19.8. The Balaban J connectivity index is 0.00000208. The molecule has 3 aliphatic rings. The molecule has 3 atom stereocenters. The average Bonchev–Trinajstić information content (AvgIpc) is 2.55. The lowest BCUT2D eigenvalue weighted by molar-refractivity contribution is -0.188. The van der Waals surface area contributed by atoms with Crippen molar-refractivity contribution in [1.29, 1.82) is 0 Å². The van der Waals surface area contributed by atoms with Crippen LogP contribution in [0.3, 0.4) is 0 Å². The lowest BCUT2D eigenvalue weighted by Gasteiger charge is -2.60. The largest absolute Gasteiger partial charge is 0.377 e. The van der Waals surface area contributed by atoms with Crippen LogP contribution in [0.15, 0.2) is 4.99 Å². The molecule has 1 amide bonds. The molecule has 0 aromatic rings. The summed E-state index contributed by atoms with van der Waals surface area (Å²) in [7, 11) is 1.85. The number of rotatable bonds is 1. The first-order valence-electron chi connectivity index (χ1n) is 8.80.